The van der Waals surface area contributed by atoms with Gasteiger partial charge in [0.15, 0.2) is 0 Å². The van der Waals surface area contributed by atoms with Crippen molar-refractivity contribution in [1.29, 1.82) is 5.26 Å². The summed E-state index contributed by atoms with van der Waals surface area (Å²) in [6, 6.07) is 12.4. The van der Waals surface area contributed by atoms with E-state index >= 15 is 0 Å². The van der Waals surface area contributed by atoms with Crippen LogP contribution in [0.25, 0.3) is 0 Å². The molecule has 2 saturated heterocycles. The van der Waals surface area contributed by atoms with E-state index in [9.17, 15) is 5.26 Å². The van der Waals surface area contributed by atoms with E-state index in [4.69, 9.17) is 4.43 Å². The lowest BCUT2D eigenvalue weighted by Gasteiger charge is -2.53. The van der Waals surface area contributed by atoms with E-state index in [1.165, 1.54) is 16.8 Å². The van der Waals surface area contributed by atoms with Gasteiger partial charge in [-0.2, -0.15) is 5.26 Å². The fraction of sp³-hybridized carbons (Fsp3) is 0.679. The Kier molecular flexibility index (Phi) is 5.79. The van der Waals surface area contributed by atoms with Gasteiger partial charge in [-0.25, -0.2) is 0 Å². The molecule has 2 bridgehead atoms. The predicted molar refractivity (Wildman–Crippen MR) is 138 cm³/mol. The second-order valence-electron chi connectivity index (χ2n) is 11.8. The molecule has 5 rings (SSSR count). The standard InChI is InChI=1S/C28H41N3OSi/c1-18(2)33(19(3)4,20(5)6)32-14-11-21-17-31-13-12-28-24-9-7-8-10-25(24)30-27(28)23(16-29)22(21)15-26(28)31/h7-11,18-20,22-23,26-27,30H,12-15,17H2,1-6H3/b21-11-/t22-,23-,26-,27-,28+/m1/s1. The first kappa shape index (κ1) is 23.1. The summed E-state index contributed by atoms with van der Waals surface area (Å²) in [5.74, 6) is 0.355. The Labute approximate surface area is 201 Å². The van der Waals surface area contributed by atoms with Crippen LogP contribution in [0.4, 0.5) is 5.69 Å². The normalized spacial score (nSPS) is 34.0. The van der Waals surface area contributed by atoms with E-state index in [1.807, 2.05) is 0 Å². The Morgan fingerprint density at radius 2 is 1.88 bits per heavy atom. The molecular weight excluding hydrogens is 422 g/mol. The molecule has 0 unspecified atom stereocenters. The number of fused-ring (bicyclic) bond motifs is 2. The highest BCUT2D eigenvalue weighted by Gasteiger charge is 2.65. The lowest BCUT2D eigenvalue weighted by molar-refractivity contribution is 0.0763. The molecule has 3 fully saturated rings. The second kappa shape index (κ2) is 8.25. The fourth-order valence-corrected chi connectivity index (χ4v) is 14.0. The lowest BCUT2D eigenvalue weighted by Crippen LogP contribution is -2.61. The fourth-order valence-electron chi connectivity index (χ4n) is 8.62. The van der Waals surface area contributed by atoms with Crippen molar-refractivity contribution in [2.24, 2.45) is 11.8 Å². The van der Waals surface area contributed by atoms with E-state index in [0.717, 1.165) is 25.9 Å². The van der Waals surface area contributed by atoms with Crippen molar-refractivity contribution in [3.63, 3.8) is 0 Å². The van der Waals surface area contributed by atoms with Crippen molar-refractivity contribution in [3.8, 4) is 6.07 Å². The van der Waals surface area contributed by atoms with Crippen LogP contribution in [0.3, 0.4) is 0 Å². The molecule has 1 aromatic rings. The minimum atomic E-state index is -1.89. The van der Waals surface area contributed by atoms with Crippen molar-refractivity contribution in [3.05, 3.63) is 41.5 Å². The van der Waals surface area contributed by atoms with Crippen LogP contribution in [0.5, 0.6) is 0 Å². The molecule has 4 aliphatic rings. The predicted octanol–water partition coefficient (Wildman–Crippen LogP) is 6.08. The van der Waals surface area contributed by atoms with Gasteiger partial charge in [0.2, 0.25) is 8.32 Å². The number of anilines is 1. The maximum Gasteiger partial charge on any atom is 0.200 e. The van der Waals surface area contributed by atoms with Crippen LogP contribution < -0.4 is 5.32 Å². The topological polar surface area (TPSA) is 48.3 Å². The zero-order valence-electron chi connectivity index (χ0n) is 21.3. The summed E-state index contributed by atoms with van der Waals surface area (Å²) in [6.07, 6.45) is 4.65. The summed E-state index contributed by atoms with van der Waals surface area (Å²) in [7, 11) is -1.89. The molecule has 5 atom stereocenters. The molecule has 1 spiro atoms. The van der Waals surface area contributed by atoms with E-state index in [2.05, 4.69) is 88.2 Å². The molecule has 178 valence electrons. The van der Waals surface area contributed by atoms with Gasteiger partial charge in [-0.15, -0.1) is 0 Å². The molecule has 4 nitrogen and oxygen atoms in total. The van der Waals surface area contributed by atoms with Crippen molar-refractivity contribution >= 4 is 14.0 Å². The van der Waals surface area contributed by atoms with Gasteiger partial charge < -0.3 is 9.74 Å². The molecule has 1 saturated carbocycles. The monoisotopic (exact) mass is 463 g/mol. The quantitative estimate of drug-likeness (QED) is 0.410. The summed E-state index contributed by atoms with van der Waals surface area (Å²) in [6.45, 7) is 16.9. The van der Waals surface area contributed by atoms with Crippen molar-refractivity contribution < 1.29 is 4.43 Å². The molecule has 1 aromatic carbocycles. The van der Waals surface area contributed by atoms with Crippen molar-refractivity contribution in [2.45, 2.75) is 88.5 Å². The van der Waals surface area contributed by atoms with Crippen LogP contribution in [0.2, 0.25) is 16.6 Å². The van der Waals surface area contributed by atoms with E-state index in [1.54, 1.807) is 0 Å². The van der Waals surface area contributed by atoms with Crippen LogP contribution in [0.15, 0.2) is 35.9 Å². The molecule has 1 N–H and O–H groups in total. The van der Waals surface area contributed by atoms with E-state index in [0.29, 0.717) is 35.2 Å². The second-order valence-corrected chi connectivity index (χ2v) is 17.3. The van der Waals surface area contributed by atoms with Crippen LogP contribution in [-0.2, 0) is 9.84 Å². The van der Waals surface area contributed by atoms with Gasteiger partial charge in [-0.05, 0) is 47.6 Å². The largest absolute Gasteiger partial charge is 0.412 e. The lowest BCUT2D eigenvalue weighted by atomic mass is 9.56. The maximum atomic E-state index is 10.4. The van der Waals surface area contributed by atoms with Gasteiger partial charge in [0.1, 0.15) is 0 Å². The molecule has 0 radical (unpaired) electrons. The molecule has 5 heteroatoms. The highest BCUT2D eigenvalue weighted by Crippen LogP contribution is 2.61. The number of rotatable bonds is 6. The zero-order valence-corrected chi connectivity index (χ0v) is 22.3. The van der Waals surface area contributed by atoms with Crippen molar-refractivity contribution in [2.75, 3.05) is 25.0 Å². The van der Waals surface area contributed by atoms with Gasteiger partial charge in [0, 0.05) is 29.6 Å². The Hall–Kier alpha value is -1.61. The first-order valence-electron chi connectivity index (χ1n) is 13.1. The highest BCUT2D eigenvalue weighted by atomic mass is 28.4. The Morgan fingerprint density at radius 1 is 1.18 bits per heavy atom. The third-order valence-corrected chi connectivity index (χ3v) is 15.9. The Morgan fingerprint density at radius 3 is 2.55 bits per heavy atom. The van der Waals surface area contributed by atoms with Gasteiger partial charge in [-0.1, -0.05) is 71.4 Å². The number of hydrogen-bond donors (Lipinski definition) is 1. The summed E-state index contributed by atoms with van der Waals surface area (Å²) in [5.41, 5.74) is 6.04. The smallest absolute Gasteiger partial charge is 0.200 e. The average Bonchev–Trinajstić information content (AvgIpc) is 3.33. The number of piperidine rings is 1. The first-order chi connectivity index (χ1) is 15.8. The Bertz CT molecular complexity index is 958. The summed E-state index contributed by atoms with van der Waals surface area (Å²) < 4.78 is 6.88. The first-order valence-corrected chi connectivity index (χ1v) is 15.2. The highest BCUT2D eigenvalue weighted by molar-refractivity contribution is 6.77. The molecule has 3 aliphatic heterocycles. The molecule has 1 aliphatic carbocycles. The van der Waals surface area contributed by atoms with Crippen LogP contribution >= 0.6 is 0 Å². The molecule has 33 heavy (non-hydrogen) atoms. The SMILES string of the molecule is CC(C)[Si](OC/C=C1/CN2CC[C@@]34c5ccccc5N[C@@H]3[C@H](C#N)[C@@H]1C[C@@H]24)(C(C)C)C(C)C. The van der Waals surface area contributed by atoms with Gasteiger partial charge in [0.05, 0.1) is 24.6 Å². The number of benzene rings is 1. The summed E-state index contributed by atoms with van der Waals surface area (Å²) in [5, 5.41) is 14.2. The summed E-state index contributed by atoms with van der Waals surface area (Å²) >= 11 is 0. The minimum absolute atomic E-state index is 0.0162. The van der Waals surface area contributed by atoms with Crippen LogP contribution in [0.1, 0.15) is 59.9 Å². The molecular formula is C28H41N3OSi. The van der Waals surface area contributed by atoms with Crippen molar-refractivity contribution in [1.82, 2.24) is 4.90 Å². The number of nitrogens with zero attached hydrogens (tertiary/aromatic N) is 2. The molecule has 3 heterocycles. The summed E-state index contributed by atoms with van der Waals surface area (Å²) in [4.78, 5) is 2.71. The van der Waals surface area contributed by atoms with E-state index < -0.39 is 8.32 Å². The molecule has 0 amide bonds. The van der Waals surface area contributed by atoms with Gasteiger partial charge >= 0.3 is 0 Å². The number of para-hydroxylation sites is 1. The van der Waals surface area contributed by atoms with Gasteiger partial charge in [-0.3, -0.25) is 4.90 Å². The zero-order chi connectivity index (χ0) is 23.5. The van der Waals surface area contributed by atoms with Crippen LogP contribution in [-0.4, -0.2) is 45.0 Å². The number of nitriles is 1. The number of hydrogen-bond acceptors (Lipinski definition) is 4. The molecule has 0 aromatic heterocycles. The van der Waals surface area contributed by atoms with E-state index in [-0.39, 0.29) is 17.4 Å². The average molecular weight is 464 g/mol. The van der Waals surface area contributed by atoms with Crippen LogP contribution in [0, 0.1) is 23.2 Å². The maximum absolute atomic E-state index is 10.4. The Balaban J connectivity index is 1.44. The van der Waals surface area contributed by atoms with Gasteiger partial charge in [0.25, 0.3) is 0 Å². The minimum Gasteiger partial charge on any atom is -0.412 e. The third-order valence-electron chi connectivity index (χ3n) is 9.81. The number of nitrogens with one attached hydrogen (secondary N) is 1. The third kappa shape index (κ3) is 3.13.